The molecular formula is C15H13F2N3O2S. The number of hydrogen-bond donors (Lipinski definition) is 2. The molecule has 23 heavy (non-hydrogen) atoms. The Morgan fingerprint density at radius 3 is 2.57 bits per heavy atom. The van der Waals surface area contributed by atoms with Gasteiger partial charge >= 0.3 is 0 Å². The summed E-state index contributed by atoms with van der Waals surface area (Å²) in [5.41, 5.74) is -0.199. The summed E-state index contributed by atoms with van der Waals surface area (Å²) in [4.78, 5) is 2.88. The Balaban J connectivity index is 1.88. The van der Waals surface area contributed by atoms with Gasteiger partial charge in [0, 0.05) is 18.0 Å². The van der Waals surface area contributed by atoms with Gasteiger partial charge in [-0.05, 0) is 30.9 Å². The van der Waals surface area contributed by atoms with Gasteiger partial charge < -0.3 is 4.98 Å². The number of halogens is 2. The van der Waals surface area contributed by atoms with Crippen molar-refractivity contribution >= 4 is 15.7 Å². The van der Waals surface area contributed by atoms with Gasteiger partial charge in [0.05, 0.1) is 11.3 Å². The van der Waals surface area contributed by atoms with Gasteiger partial charge in [-0.15, -0.1) is 0 Å². The first kappa shape index (κ1) is 15.5. The highest BCUT2D eigenvalue weighted by Crippen LogP contribution is 2.36. The summed E-state index contributed by atoms with van der Waals surface area (Å²) in [6.07, 6.45) is 4.44. The van der Waals surface area contributed by atoms with Crippen LogP contribution in [0.2, 0.25) is 0 Å². The topological polar surface area (TPSA) is 85.8 Å². The summed E-state index contributed by atoms with van der Waals surface area (Å²) < 4.78 is 53.9. The number of aromatic nitrogens is 1. The molecule has 1 aromatic carbocycles. The minimum Gasteiger partial charge on any atom is -0.363 e. The van der Waals surface area contributed by atoms with Crippen molar-refractivity contribution in [2.45, 2.75) is 30.1 Å². The van der Waals surface area contributed by atoms with Gasteiger partial charge in [-0.25, -0.2) is 17.2 Å². The molecule has 1 aromatic heterocycles. The average molecular weight is 337 g/mol. The number of anilines is 1. The molecule has 1 fully saturated rings. The third-order valence-electron chi connectivity index (χ3n) is 3.96. The first-order valence-corrected chi connectivity index (χ1v) is 8.49. The number of sulfonamides is 1. The van der Waals surface area contributed by atoms with Crippen LogP contribution in [0.3, 0.4) is 0 Å². The van der Waals surface area contributed by atoms with Crippen molar-refractivity contribution < 1.29 is 17.2 Å². The van der Waals surface area contributed by atoms with Crippen LogP contribution in [0.15, 0.2) is 29.3 Å². The van der Waals surface area contributed by atoms with E-state index in [1.807, 2.05) is 4.72 Å². The zero-order valence-corrected chi connectivity index (χ0v) is 12.8. The summed E-state index contributed by atoms with van der Waals surface area (Å²) >= 11 is 0. The Labute approximate surface area is 132 Å². The molecule has 3 rings (SSSR count). The third kappa shape index (κ3) is 2.92. The maximum Gasteiger partial charge on any atom is 0.263 e. The minimum absolute atomic E-state index is 0.0384. The highest BCUT2D eigenvalue weighted by Gasteiger charge is 2.24. The number of nitriles is 1. The molecule has 0 amide bonds. The monoisotopic (exact) mass is 337 g/mol. The van der Waals surface area contributed by atoms with Crippen molar-refractivity contribution in [3.8, 4) is 6.07 Å². The van der Waals surface area contributed by atoms with Gasteiger partial charge in [-0.3, -0.25) is 4.72 Å². The lowest BCUT2D eigenvalue weighted by atomic mass is 9.83. The first-order chi connectivity index (χ1) is 10.9. The molecular weight excluding hydrogens is 324 g/mol. The van der Waals surface area contributed by atoms with Crippen LogP contribution in [-0.2, 0) is 10.0 Å². The Bertz CT molecular complexity index is 896. The van der Waals surface area contributed by atoms with Crippen LogP contribution >= 0.6 is 0 Å². The third-order valence-corrected chi connectivity index (χ3v) is 5.30. The molecule has 0 bridgehead atoms. The summed E-state index contributed by atoms with van der Waals surface area (Å²) in [5, 5.41) is 8.63. The lowest BCUT2D eigenvalue weighted by Crippen LogP contribution is -2.14. The van der Waals surface area contributed by atoms with E-state index in [0.717, 1.165) is 25.0 Å². The number of aromatic amines is 1. The first-order valence-electron chi connectivity index (χ1n) is 7.01. The van der Waals surface area contributed by atoms with Crippen molar-refractivity contribution in [2.75, 3.05) is 4.72 Å². The lowest BCUT2D eigenvalue weighted by Gasteiger charge is -2.23. The molecule has 1 aliphatic carbocycles. The Hall–Kier alpha value is -2.40. The number of nitrogens with zero attached hydrogens (tertiary/aromatic N) is 1. The second-order valence-electron chi connectivity index (χ2n) is 5.45. The highest BCUT2D eigenvalue weighted by atomic mass is 32.2. The summed E-state index contributed by atoms with van der Waals surface area (Å²) in [7, 11) is -4.04. The molecule has 120 valence electrons. The molecule has 0 radical (unpaired) electrons. The van der Waals surface area contributed by atoms with E-state index in [-0.39, 0.29) is 4.90 Å². The number of H-pyrrole nitrogens is 1. The van der Waals surface area contributed by atoms with Crippen LogP contribution in [-0.4, -0.2) is 13.4 Å². The summed E-state index contributed by atoms with van der Waals surface area (Å²) in [5.74, 6) is -1.68. The van der Waals surface area contributed by atoms with E-state index in [2.05, 4.69) is 4.98 Å². The van der Waals surface area contributed by atoms with Gasteiger partial charge in [0.15, 0.2) is 0 Å². The van der Waals surface area contributed by atoms with Gasteiger partial charge in [-0.2, -0.15) is 5.26 Å². The molecule has 2 N–H and O–H groups in total. The number of rotatable bonds is 4. The van der Waals surface area contributed by atoms with Gasteiger partial charge in [0.2, 0.25) is 0 Å². The quantitative estimate of drug-likeness (QED) is 0.898. The second kappa shape index (κ2) is 5.66. The highest BCUT2D eigenvalue weighted by molar-refractivity contribution is 7.92. The van der Waals surface area contributed by atoms with Gasteiger partial charge in [0.25, 0.3) is 10.0 Å². The molecule has 1 saturated carbocycles. The number of hydrogen-bond acceptors (Lipinski definition) is 3. The van der Waals surface area contributed by atoms with E-state index in [9.17, 15) is 17.2 Å². The van der Waals surface area contributed by atoms with E-state index in [4.69, 9.17) is 5.26 Å². The largest absolute Gasteiger partial charge is 0.363 e. The van der Waals surface area contributed by atoms with Crippen molar-refractivity contribution in [1.29, 1.82) is 5.26 Å². The fourth-order valence-electron chi connectivity index (χ4n) is 2.42. The van der Waals surface area contributed by atoms with Crippen LogP contribution in [0.5, 0.6) is 0 Å². The normalized spacial score (nSPS) is 15.0. The average Bonchev–Trinajstić information content (AvgIpc) is 2.90. The summed E-state index contributed by atoms with van der Waals surface area (Å²) in [6, 6.07) is 4.31. The van der Waals surface area contributed by atoms with E-state index in [0.29, 0.717) is 18.1 Å². The fraction of sp³-hybridized carbons (Fsp3) is 0.267. The predicted octanol–water partition coefficient (Wildman–Crippen LogP) is 3.23. The number of nitrogens with one attached hydrogen (secondary N) is 2. The van der Waals surface area contributed by atoms with Crippen molar-refractivity contribution in [3.05, 3.63) is 47.3 Å². The molecule has 0 atom stereocenters. The van der Waals surface area contributed by atoms with Crippen molar-refractivity contribution in [1.82, 2.24) is 4.98 Å². The zero-order valence-electron chi connectivity index (χ0n) is 11.9. The minimum atomic E-state index is -4.04. The van der Waals surface area contributed by atoms with Crippen LogP contribution in [0.4, 0.5) is 14.5 Å². The van der Waals surface area contributed by atoms with E-state index < -0.39 is 32.9 Å². The Morgan fingerprint density at radius 1 is 1.22 bits per heavy atom. The smallest absolute Gasteiger partial charge is 0.263 e. The Kier molecular flexibility index (Phi) is 3.82. The maximum absolute atomic E-state index is 13.8. The van der Waals surface area contributed by atoms with Gasteiger partial charge in [-0.1, -0.05) is 6.42 Å². The molecule has 0 aliphatic heterocycles. The second-order valence-corrected chi connectivity index (χ2v) is 7.13. The van der Waals surface area contributed by atoms with Crippen LogP contribution in [0, 0.1) is 23.0 Å². The lowest BCUT2D eigenvalue weighted by molar-refractivity contribution is 0.412. The maximum atomic E-state index is 13.8. The Morgan fingerprint density at radius 2 is 1.96 bits per heavy atom. The fourth-order valence-corrected chi connectivity index (χ4v) is 3.48. The SMILES string of the molecule is N#Cc1cc(F)c(NS(=O)(=O)c2c[nH]c(C3CCC3)c2)cc1F. The molecule has 8 heteroatoms. The van der Waals surface area contributed by atoms with Crippen LogP contribution in [0.1, 0.15) is 36.4 Å². The molecule has 0 unspecified atom stereocenters. The van der Waals surface area contributed by atoms with Gasteiger partial charge in [0.1, 0.15) is 22.6 Å². The molecule has 2 aromatic rings. The van der Waals surface area contributed by atoms with E-state index in [1.165, 1.54) is 18.3 Å². The number of benzene rings is 1. The van der Waals surface area contributed by atoms with Crippen LogP contribution < -0.4 is 4.72 Å². The predicted molar refractivity (Wildman–Crippen MR) is 79.3 cm³/mol. The van der Waals surface area contributed by atoms with Crippen molar-refractivity contribution in [2.24, 2.45) is 0 Å². The zero-order chi connectivity index (χ0) is 16.6. The molecule has 5 nitrogen and oxygen atoms in total. The van der Waals surface area contributed by atoms with Crippen LogP contribution in [0.25, 0.3) is 0 Å². The molecule has 0 saturated heterocycles. The molecule has 1 heterocycles. The van der Waals surface area contributed by atoms with Crippen molar-refractivity contribution in [3.63, 3.8) is 0 Å². The van der Waals surface area contributed by atoms with E-state index in [1.54, 1.807) is 0 Å². The summed E-state index contributed by atoms with van der Waals surface area (Å²) in [6.45, 7) is 0. The molecule has 1 aliphatic rings. The van der Waals surface area contributed by atoms with E-state index >= 15 is 0 Å². The standard InChI is InChI=1S/C15H13F2N3O2S/c16-12-6-15(13(17)4-10(12)7-18)20-23(21,22)11-5-14(19-8-11)9-2-1-3-9/h4-6,8-9,19-20H,1-3H2. The molecule has 0 spiro atoms.